The lowest BCUT2D eigenvalue weighted by atomic mass is 9.45. The van der Waals surface area contributed by atoms with Crippen molar-refractivity contribution in [3.63, 3.8) is 0 Å². The number of rotatable bonds is 6. The van der Waals surface area contributed by atoms with Crippen LogP contribution in [0.2, 0.25) is 0 Å². The van der Waals surface area contributed by atoms with Gasteiger partial charge in [0.1, 0.15) is 0 Å². The normalized spacial score (nSPS) is 53.3. The van der Waals surface area contributed by atoms with Crippen molar-refractivity contribution in [1.29, 1.82) is 0 Å². The largest absolute Gasteiger partial charge is 0.393 e. The van der Waals surface area contributed by atoms with Crippen molar-refractivity contribution in [2.24, 2.45) is 63.6 Å². The average Bonchev–Trinajstić information content (AvgIpc) is 3.24. The predicted octanol–water partition coefficient (Wildman–Crippen LogP) is 6.95. The third-order valence-corrected chi connectivity index (χ3v) is 12.9. The third kappa shape index (κ3) is 2.95. The van der Waals surface area contributed by atoms with Gasteiger partial charge in [-0.2, -0.15) is 0 Å². The van der Waals surface area contributed by atoms with E-state index < -0.39 is 0 Å². The van der Waals surface area contributed by atoms with Crippen LogP contribution in [-0.4, -0.2) is 24.4 Å². The van der Waals surface area contributed by atoms with Crippen molar-refractivity contribution in [3.8, 4) is 0 Å². The molecule has 5 saturated carbocycles. The minimum atomic E-state index is -0.142. The molecule has 1 spiro atoms. The summed E-state index contributed by atoms with van der Waals surface area (Å²) < 4.78 is 6.28. The van der Waals surface area contributed by atoms with Gasteiger partial charge in [-0.3, -0.25) is 0 Å². The molecule has 0 aromatic carbocycles. The molecule has 5 rings (SSSR count). The van der Waals surface area contributed by atoms with Gasteiger partial charge in [0.05, 0.1) is 12.2 Å². The number of ether oxygens (including phenoxy) is 1. The molecule has 0 aromatic rings. The van der Waals surface area contributed by atoms with Gasteiger partial charge < -0.3 is 9.84 Å². The van der Waals surface area contributed by atoms with E-state index in [1.807, 2.05) is 7.11 Å². The molecule has 31 heavy (non-hydrogen) atoms. The van der Waals surface area contributed by atoms with E-state index in [1.54, 1.807) is 0 Å². The summed E-state index contributed by atoms with van der Waals surface area (Å²) in [5.74, 6) is 5.95. The summed E-state index contributed by atoms with van der Waals surface area (Å²) in [4.78, 5) is 0. The quantitative estimate of drug-likeness (QED) is 0.494. The molecule has 0 amide bonds. The molecule has 0 heterocycles. The van der Waals surface area contributed by atoms with Crippen molar-refractivity contribution < 1.29 is 9.84 Å². The van der Waals surface area contributed by atoms with Gasteiger partial charge >= 0.3 is 0 Å². The first-order chi connectivity index (χ1) is 14.6. The first-order valence-electron chi connectivity index (χ1n) is 13.8. The van der Waals surface area contributed by atoms with Crippen molar-refractivity contribution in [3.05, 3.63) is 0 Å². The van der Waals surface area contributed by atoms with Crippen molar-refractivity contribution >= 4 is 0 Å². The molecule has 178 valence electrons. The first-order valence-corrected chi connectivity index (χ1v) is 13.8. The Balaban J connectivity index is 1.37. The maximum atomic E-state index is 11.2. The number of aliphatic hydroxyl groups excluding tert-OH is 1. The summed E-state index contributed by atoms with van der Waals surface area (Å²) in [5, 5.41) is 11.2. The van der Waals surface area contributed by atoms with Crippen LogP contribution in [0.25, 0.3) is 0 Å². The van der Waals surface area contributed by atoms with E-state index in [1.165, 1.54) is 51.4 Å². The monoisotopic (exact) mass is 430 g/mol. The highest BCUT2D eigenvalue weighted by molar-refractivity contribution is 5.26. The topological polar surface area (TPSA) is 29.5 Å². The zero-order valence-electron chi connectivity index (χ0n) is 21.5. The molecule has 12 atom stereocenters. The molecule has 0 radical (unpaired) electrons. The highest BCUT2D eigenvalue weighted by Gasteiger charge is 2.77. The summed E-state index contributed by atoms with van der Waals surface area (Å²) in [7, 11) is 2.00. The average molecular weight is 431 g/mol. The lowest BCUT2D eigenvalue weighted by Gasteiger charge is -2.61. The lowest BCUT2D eigenvalue weighted by Crippen LogP contribution is -2.57. The number of hydrogen-bond donors (Lipinski definition) is 1. The molecular weight excluding hydrogens is 380 g/mol. The van der Waals surface area contributed by atoms with Gasteiger partial charge in [-0.15, -0.1) is 0 Å². The summed E-state index contributed by atoms with van der Waals surface area (Å²) in [5.41, 5.74) is 1.48. The van der Waals surface area contributed by atoms with Crippen molar-refractivity contribution in [1.82, 2.24) is 0 Å². The number of fused-ring (bicyclic) bond motifs is 4. The molecule has 5 fully saturated rings. The Hall–Kier alpha value is -0.0800. The Morgan fingerprint density at radius 1 is 0.968 bits per heavy atom. The molecule has 5 aliphatic carbocycles. The van der Waals surface area contributed by atoms with E-state index in [2.05, 4.69) is 41.5 Å². The molecule has 0 saturated heterocycles. The molecule has 5 aliphatic rings. The van der Waals surface area contributed by atoms with E-state index in [4.69, 9.17) is 4.74 Å². The van der Waals surface area contributed by atoms with E-state index in [0.717, 1.165) is 30.1 Å². The summed E-state index contributed by atoms with van der Waals surface area (Å²) >= 11 is 0. The molecule has 2 nitrogen and oxygen atoms in total. The number of methoxy groups -OCH3 is 1. The molecule has 0 unspecified atom stereocenters. The molecule has 0 aliphatic heterocycles. The van der Waals surface area contributed by atoms with Crippen LogP contribution in [0.1, 0.15) is 99.3 Å². The second-order valence-corrected chi connectivity index (χ2v) is 13.8. The van der Waals surface area contributed by atoms with Crippen LogP contribution >= 0.6 is 0 Å². The zero-order valence-corrected chi connectivity index (χ0v) is 21.5. The molecular formula is C29H50O2. The van der Waals surface area contributed by atoms with Crippen LogP contribution in [0.5, 0.6) is 0 Å². The highest BCUT2D eigenvalue weighted by atomic mass is 16.5. The van der Waals surface area contributed by atoms with Crippen molar-refractivity contribution in [2.45, 2.75) is 112 Å². The zero-order chi connectivity index (χ0) is 22.3. The smallest absolute Gasteiger partial charge is 0.0638 e. The Morgan fingerprint density at radius 2 is 1.71 bits per heavy atom. The second-order valence-electron chi connectivity index (χ2n) is 13.8. The maximum absolute atomic E-state index is 11.2. The summed E-state index contributed by atoms with van der Waals surface area (Å²) in [6, 6.07) is 0. The predicted molar refractivity (Wildman–Crippen MR) is 128 cm³/mol. The van der Waals surface area contributed by atoms with Crippen LogP contribution in [0.3, 0.4) is 0 Å². The Morgan fingerprint density at radius 3 is 2.35 bits per heavy atom. The standard InChI is InChI=1S/C29H50O2/c1-17(2)18(3)14-25(30)19(4)22-8-9-23-21-15-26(31-7)29-16-20(29)10-13-28(29,6)24(21)11-12-27(22,23)5/h17-26,30H,8-16H2,1-7H3/t18-,19+,20-,21+,22-,23+,24+,25+,26-,27-,28-,29+/m1/s1. The van der Waals surface area contributed by atoms with Crippen LogP contribution in [0.4, 0.5) is 0 Å². The minimum Gasteiger partial charge on any atom is -0.393 e. The van der Waals surface area contributed by atoms with Crippen LogP contribution in [-0.2, 0) is 4.74 Å². The van der Waals surface area contributed by atoms with Gasteiger partial charge in [0.25, 0.3) is 0 Å². The van der Waals surface area contributed by atoms with Crippen LogP contribution in [0.15, 0.2) is 0 Å². The second kappa shape index (κ2) is 7.46. The van der Waals surface area contributed by atoms with E-state index in [0.29, 0.717) is 46.0 Å². The van der Waals surface area contributed by atoms with Gasteiger partial charge in [0.15, 0.2) is 0 Å². The molecule has 2 heteroatoms. The van der Waals surface area contributed by atoms with Gasteiger partial charge in [0, 0.05) is 12.5 Å². The molecule has 0 aromatic heterocycles. The fraction of sp³-hybridized carbons (Fsp3) is 1.00. The van der Waals surface area contributed by atoms with Crippen LogP contribution in [0, 0.1) is 63.6 Å². The lowest BCUT2D eigenvalue weighted by molar-refractivity contribution is -0.162. The number of aliphatic hydroxyl groups is 1. The Kier molecular flexibility index (Phi) is 5.46. The van der Waals surface area contributed by atoms with Crippen LogP contribution < -0.4 is 0 Å². The fourth-order valence-electron chi connectivity index (χ4n) is 10.6. The molecule has 1 N–H and O–H groups in total. The Bertz CT molecular complexity index is 688. The van der Waals surface area contributed by atoms with E-state index in [9.17, 15) is 5.11 Å². The summed E-state index contributed by atoms with van der Waals surface area (Å²) in [6.07, 6.45) is 12.6. The fourth-order valence-corrected chi connectivity index (χ4v) is 10.6. The highest BCUT2D eigenvalue weighted by Crippen LogP contribution is 2.82. The SMILES string of the molecule is CO[C@@H]1C[C@H]2[C@@H]3CC[C@H]([C@H](C)[C@@H](O)C[C@@H](C)C(C)C)[C@@]3(C)CC[C@@H]2[C@@]2(C)CC[C@@H]3C[C@]312. The minimum absolute atomic E-state index is 0.142. The van der Waals surface area contributed by atoms with E-state index in [-0.39, 0.29) is 6.10 Å². The maximum Gasteiger partial charge on any atom is 0.0638 e. The Labute approximate surface area is 192 Å². The first kappa shape index (κ1) is 22.7. The molecule has 0 bridgehead atoms. The summed E-state index contributed by atoms with van der Waals surface area (Å²) in [6.45, 7) is 14.6. The van der Waals surface area contributed by atoms with Gasteiger partial charge in [-0.05, 0) is 116 Å². The van der Waals surface area contributed by atoms with Gasteiger partial charge in [-0.25, -0.2) is 0 Å². The van der Waals surface area contributed by atoms with E-state index >= 15 is 0 Å². The van der Waals surface area contributed by atoms with Crippen molar-refractivity contribution in [2.75, 3.05) is 7.11 Å². The van der Waals surface area contributed by atoms with Gasteiger partial charge in [-0.1, -0.05) is 41.5 Å². The number of hydrogen-bond acceptors (Lipinski definition) is 2. The van der Waals surface area contributed by atoms with Gasteiger partial charge in [0.2, 0.25) is 0 Å². The third-order valence-electron chi connectivity index (χ3n) is 12.9.